The highest BCUT2D eigenvalue weighted by Gasteiger charge is 2.11. The van der Waals surface area contributed by atoms with Crippen LogP contribution in [0.15, 0.2) is 48.5 Å². The fourth-order valence-corrected chi connectivity index (χ4v) is 2.15. The number of nitrogens with one attached hydrogen (secondary N) is 2. The Kier molecular flexibility index (Phi) is 7.13. The normalized spacial score (nSPS) is 10.3. The number of ether oxygens (including phenoxy) is 2. The molecule has 2 aromatic carbocycles. The van der Waals surface area contributed by atoms with Gasteiger partial charge >= 0.3 is 0 Å². The second kappa shape index (κ2) is 9.56. The van der Waals surface area contributed by atoms with Crippen LogP contribution >= 0.6 is 0 Å². The van der Waals surface area contributed by atoms with Gasteiger partial charge in [-0.2, -0.15) is 0 Å². The fourth-order valence-electron chi connectivity index (χ4n) is 2.15. The Morgan fingerprint density at radius 3 is 2.44 bits per heavy atom. The van der Waals surface area contributed by atoms with E-state index in [4.69, 9.17) is 9.47 Å². The van der Waals surface area contributed by atoms with E-state index in [1.54, 1.807) is 43.5 Å². The van der Waals surface area contributed by atoms with Crippen molar-refractivity contribution in [3.8, 4) is 0 Å². The van der Waals surface area contributed by atoms with Crippen LogP contribution in [0.2, 0.25) is 0 Å². The van der Waals surface area contributed by atoms with Gasteiger partial charge in [0.25, 0.3) is 5.91 Å². The maximum atomic E-state index is 12.3. The van der Waals surface area contributed by atoms with Gasteiger partial charge < -0.3 is 20.1 Å². The lowest BCUT2D eigenvalue weighted by Gasteiger charge is -2.13. The molecule has 25 heavy (non-hydrogen) atoms. The second-order valence-electron chi connectivity index (χ2n) is 5.46. The summed E-state index contributed by atoms with van der Waals surface area (Å²) in [6, 6.07) is 14.3. The fraction of sp³-hybridized carbons (Fsp3) is 0.263. The number of amides is 2. The summed E-state index contributed by atoms with van der Waals surface area (Å²) >= 11 is 0. The number of aryl methyl sites for hydroxylation is 1. The van der Waals surface area contributed by atoms with Gasteiger partial charge in [-0.15, -0.1) is 0 Å². The quantitative estimate of drug-likeness (QED) is 0.723. The third-order valence-electron chi connectivity index (χ3n) is 3.40. The van der Waals surface area contributed by atoms with Crippen LogP contribution in [-0.2, 0) is 14.3 Å². The number of rotatable bonds is 8. The van der Waals surface area contributed by atoms with Crippen molar-refractivity contribution in [2.75, 3.05) is 37.6 Å². The average molecular weight is 342 g/mol. The molecule has 2 aromatic rings. The van der Waals surface area contributed by atoms with E-state index in [2.05, 4.69) is 10.6 Å². The molecule has 0 radical (unpaired) electrons. The summed E-state index contributed by atoms with van der Waals surface area (Å²) in [6.45, 7) is 2.60. The molecule has 0 aliphatic heterocycles. The molecular formula is C19H22N2O4. The van der Waals surface area contributed by atoms with Gasteiger partial charge in [-0.1, -0.05) is 24.3 Å². The Labute approximate surface area is 147 Å². The van der Waals surface area contributed by atoms with E-state index < -0.39 is 0 Å². The Bertz CT molecular complexity index is 717. The van der Waals surface area contributed by atoms with Crippen molar-refractivity contribution in [3.05, 3.63) is 59.7 Å². The predicted molar refractivity (Wildman–Crippen MR) is 96.9 cm³/mol. The van der Waals surface area contributed by atoms with Crippen molar-refractivity contribution in [2.24, 2.45) is 0 Å². The third kappa shape index (κ3) is 6.02. The molecule has 0 saturated carbocycles. The van der Waals surface area contributed by atoms with Crippen LogP contribution in [0.4, 0.5) is 11.4 Å². The maximum Gasteiger partial charge on any atom is 0.255 e. The molecule has 0 bridgehead atoms. The highest BCUT2D eigenvalue weighted by atomic mass is 16.5. The van der Waals surface area contributed by atoms with Crippen molar-refractivity contribution >= 4 is 23.2 Å². The highest BCUT2D eigenvalue weighted by Crippen LogP contribution is 2.23. The first-order valence-electron chi connectivity index (χ1n) is 7.93. The number of carbonyl (C=O) groups is 2. The summed E-state index contributed by atoms with van der Waals surface area (Å²) < 4.78 is 10.1. The summed E-state index contributed by atoms with van der Waals surface area (Å²) in [6.07, 6.45) is 0. The predicted octanol–water partition coefficient (Wildman–Crippen LogP) is 2.85. The molecule has 0 heterocycles. The van der Waals surface area contributed by atoms with Crippen LogP contribution in [0, 0.1) is 6.92 Å². The third-order valence-corrected chi connectivity index (χ3v) is 3.40. The molecule has 132 valence electrons. The van der Waals surface area contributed by atoms with Gasteiger partial charge in [0.15, 0.2) is 0 Å². The first-order valence-corrected chi connectivity index (χ1v) is 7.93. The molecule has 6 heteroatoms. The van der Waals surface area contributed by atoms with Gasteiger partial charge in [0.1, 0.15) is 6.61 Å². The number of anilines is 2. The standard InChI is InChI=1S/C19H22N2O4/c1-14-8-9-16(21-19(23)15-6-4-3-5-7-15)17(12-14)20-18(22)13-25-11-10-24-2/h3-9,12H,10-11,13H2,1-2H3,(H,20,22)(H,21,23). The molecule has 0 aliphatic rings. The molecule has 2 amide bonds. The van der Waals surface area contributed by atoms with E-state index in [9.17, 15) is 9.59 Å². The lowest BCUT2D eigenvalue weighted by atomic mass is 10.1. The number of methoxy groups -OCH3 is 1. The lowest BCUT2D eigenvalue weighted by molar-refractivity contribution is -0.121. The number of hydrogen-bond donors (Lipinski definition) is 2. The van der Waals surface area contributed by atoms with Crippen molar-refractivity contribution in [3.63, 3.8) is 0 Å². The Morgan fingerprint density at radius 2 is 1.72 bits per heavy atom. The second-order valence-corrected chi connectivity index (χ2v) is 5.46. The summed E-state index contributed by atoms with van der Waals surface area (Å²) in [7, 11) is 1.57. The van der Waals surface area contributed by atoms with Gasteiger partial charge in [0.05, 0.1) is 24.6 Å². The zero-order chi connectivity index (χ0) is 18.1. The van der Waals surface area contributed by atoms with Crippen LogP contribution in [0.25, 0.3) is 0 Å². The Balaban J connectivity index is 2.04. The van der Waals surface area contributed by atoms with Crippen LogP contribution in [0.5, 0.6) is 0 Å². The van der Waals surface area contributed by atoms with E-state index in [1.165, 1.54) is 0 Å². The number of hydrogen-bond acceptors (Lipinski definition) is 4. The Morgan fingerprint density at radius 1 is 0.960 bits per heavy atom. The molecule has 2 N–H and O–H groups in total. The molecule has 0 aromatic heterocycles. The molecule has 0 spiro atoms. The van der Waals surface area contributed by atoms with E-state index in [1.807, 2.05) is 19.1 Å². The topological polar surface area (TPSA) is 76.7 Å². The van der Waals surface area contributed by atoms with E-state index in [-0.39, 0.29) is 18.4 Å². The lowest BCUT2D eigenvalue weighted by Crippen LogP contribution is -2.21. The number of carbonyl (C=O) groups excluding carboxylic acids is 2. The minimum absolute atomic E-state index is 0.0800. The van der Waals surface area contributed by atoms with Crippen LogP contribution in [-0.4, -0.2) is 38.7 Å². The molecule has 0 unspecified atom stereocenters. The van der Waals surface area contributed by atoms with E-state index in [0.29, 0.717) is 30.2 Å². The van der Waals surface area contributed by atoms with Gasteiger partial charge in [-0.05, 0) is 36.8 Å². The highest BCUT2D eigenvalue weighted by molar-refractivity contribution is 6.07. The molecule has 2 rings (SSSR count). The zero-order valence-electron chi connectivity index (χ0n) is 14.4. The first kappa shape index (κ1) is 18.6. The smallest absolute Gasteiger partial charge is 0.255 e. The van der Waals surface area contributed by atoms with Gasteiger partial charge in [-0.25, -0.2) is 0 Å². The van der Waals surface area contributed by atoms with Crippen LogP contribution in [0.3, 0.4) is 0 Å². The van der Waals surface area contributed by atoms with E-state index in [0.717, 1.165) is 5.56 Å². The Hall–Kier alpha value is -2.70. The summed E-state index contributed by atoms with van der Waals surface area (Å²) in [5.41, 5.74) is 2.57. The molecule has 6 nitrogen and oxygen atoms in total. The summed E-state index contributed by atoms with van der Waals surface area (Å²) in [5.74, 6) is -0.534. The maximum absolute atomic E-state index is 12.3. The van der Waals surface area contributed by atoms with Crippen LogP contribution < -0.4 is 10.6 Å². The van der Waals surface area contributed by atoms with Crippen molar-refractivity contribution < 1.29 is 19.1 Å². The molecule has 0 atom stereocenters. The monoisotopic (exact) mass is 342 g/mol. The SMILES string of the molecule is COCCOCC(=O)Nc1cc(C)ccc1NC(=O)c1ccccc1. The summed E-state index contributed by atoms with van der Waals surface area (Å²) in [4.78, 5) is 24.3. The summed E-state index contributed by atoms with van der Waals surface area (Å²) in [5, 5.41) is 5.59. The van der Waals surface area contributed by atoms with Gasteiger partial charge in [-0.3, -0.25) is 9.59 Å². The molecular weight excluding hydrogens is 320 g/mol. The van der Waals surface area contributed by atoms with Gasteiger partial charge in [0, 0.05) is 12.7 Å². The molecule has 0 fully saturated rings. The van der Waals surface area contributed by atoms with E-state index >= 15 is 0 Å². The first-order chi connectivity index (χ1) is 12.1. The molecule has 0 saturated heterocycles. The van der Waals surface area contributed by atoms with Crippen LogP contribution in [0.1, 0.15) is 15.9 Å². The van der Waals surface area contributed by atoms with Crippen molar-refractivity contribution in [2.45, 2.75) is 6.92 Å². The van der Waals surface area contributed by atoms with Gasteiger partial charge in [0.2, 0.25) is 5.91 Å². The number of benzene rings is 2. The molecule has 0 aliphatic carbocycles. The average Bonchev–Trinajstić information content (AvgIpc) is 2.62. The zero-order valence-corrected chi connectivity index (χ0v) is 14.4. The largest absolute Gasteiger partial charge is 0.382 e. The minimum Gasteiger partial charge on any atom is -0.382 e. The van der Waals surface area contributed by atoms with Crippen molar-refractivity contribution in [1.82, 2.24) is 0 Å². The minimum atomic E-state index is -0.295. The van der Waals surface area contributed by atoms with Crippen molar-refractivity contribution in [1.29, 1.82) is 0 Å².